The number of alkyl halides is 2. The minimum Gasteiger partial charge on any atom is -0.435 e. The number of benzene rings is 3. The van der Waals surface area contributed by atoms with Crippen LogP contribution in [0.3, 0.4) is 0 Å². The van der Waals surface area contributed by atoms with Crippen LogP contribution in [0.4, 0.5) is 14.5 Å². The van der Waals surface area contributed by atoms with Crippen LogP contribution >= 0.6 is 0 Å². The fraction of sp³-hybridized carbons (Fsp3) is 0.261. The Morgan fingerprint density at radius 2 is 1.62 bits per heavy atom. The Bertz CT molecular complexity index is 1210. The van der Waals surface area contributed by atoms with Crippen molar-refractivity contribution < 1.29 is 26.7 Å². The quantitative estimate of drug-likeness (QED) is 0.589. The second-order valence-corrected chi connectivity index (χ2v) is 9.52. The third kappa shape index (κ3) is 4.89. The predicted octanol–water partition coefficient (Wildman–Crippen LogP) is 4.48. The van der Waals surface area contributed by atoms with Crippen LogP contribution in [-0.4, -0.2) is 38.3 Å². The molecule has 0 bridgehead atoms. The summed E-state index contributed by atoms with van der Waals surface area (Å²) in [7, 11) is -3.65. The number of nitrogens with zero attached hydrogens (tertiary/aromatic N) is 1. The number of sulfonamides is 1. The number of halogens is 2. The molecule has 0 saturated carbocycles. The van der Waals surface area contributed by atoms with Gasteiger partial charge in [-0.15, -0.1) is 0 Å². The second-order valence-electron chi connectivity index (χ2n) is 7.58. The van der Waals surface area contributed by atoms with Crippen molar-refractivity contribution in [2.45, 2.75) is 24.3 Å². The Kier molecular flexibility index (Phi) is 6.38. The van der Waals surface area contributed by atoms with Crippen LogP contribution in [0, 0.1) is 5.92 Å². The van der Waals surface area contributed by atoms with Gasteiger partial charge in [0.1, 0.15) is 5.75 Å². The van der Waals surface area contributed by atoms with E-state index in [4.69, 9.17) is 0 Å². The molecule has 1 heterocycles. The van der Waals surface area contributed by atoms with Gasteiger partial charge in [-0.05, 0) is 60.0 Å². The zero-order chi connectivity index (χ0) is 22.7. The molecule has 1 aliphatic rings. The maximum atomic E-state index is 13.1. The maximum absolute atomic E-state index is 13.1. The second kappa shape index (κ2) is 9.22. The Balaban J connectivity index is 1.37. The highest BCUT2D eigenvalue weighted by Crippen LogP contribution is 2.27. The molecular weight excluding hydrogens is 438 g/mol. The molecule has 4 rings (SSSR count). The molecule has 32 heavy (non-hydrogen) atoms. The number of amides is 1. The van der Waals surface area contributed by atoms with E-state index < -0.39 is 16.6 Å². The van der Waals surface area contributed by atoms with E-state index >= 15 is 0 Å². The zero-order valence-electron chi connectivity index (χ0n) is 17.1. The van der Waals surface area contributed by atoms with Gasteiger partial charge in [0.25, 0.3) is 0 Å². The van der Waals surface area contributed by atoms with E-state index in [9.17, 15) is 22.0 Å². The van der Waals surface area contributed by atoms with Gasteiger partial charge in [-0.2, -0.15) is 13.1 Å². The van der Waals surface area contributed by atoms with E-state index in [1.807, 2.05) is 24.3 Å². The van der Waals surface area contributed by atoms with E-state index in [0.717, 1.165) is 10.8 Å². The predicted molar refractivity (Wildman–Crippen MR) is 117 cm³/mol. The molecule has 0 aliphatic carbocycles. The highest BCUT2D eigenvalue weighted by atomic mass is 32.2. The molecule has 168 valence electrons. The lowest BCUT2D eigenvalue weighted by Crippen LogP contribution is -2.41. The molecule has 3 aromatic rings. The standard InChI is InChI=1S/C23H22F2N2O4S/c24-23(25)31-20-8-6-19(7-9-20)26-22(28)17-11-13-27(14-12-17)32(29,30)21-10-5-16-3-1-2-4-18(16)15-21/h1-10,15,17,23H,11-14H2,(H,26,28). The SMILES string of the molecule is O=C(Nc1ccc(OC(F)F)cc1)C1CCN(S(=O)(=O)c2ccc3ccccc3c2)CC1. The van der Waals surface area contributed by atoms with Crippen LogP contribution < -0.4 is 10.1 Å². The number of anilines is 1. The zero-order valence-corrected chi connectivity index (χ0v) is 17.9. The molecule has 0 unspecified atom stereocenters. The number of carbonyl (C=O) groups excluding carboxylic acids is 1. The van der Waals surface area contributed by atoms with Crippen LogP contribution in [0.2, 0.25) is 0 Å². The number of rotatable bonds is 6. The number of ether oxygens (including phenoxy) is 1. The third-order valence-corrected chi connectivity index (χ3v) is 7.43. The molecule has 1 N–H and O–H groups in total. The maximum Gasteiger partial charge on any atom is 0.387 e. The molecular formula is C23H22F2N2O4S. The molecule has 1 fully saturated rings. The van der Waals surface area contributed by atoms with Crippen molar-refractivity contribution >= 4 is 32.4 Å². The van der Waals surface area contributed by atoms with Crippen molar-refractivity contribution in [2.24, 2.45) is 5.92 Å². The smallest absolute Gasteiger partial charge is 0.387 e. The third-order valence-electron chi connectivity index (χ3n) is 5.53. The normalized spacial score (nSPS) is 15.7. The highest BCUT2D eigenvalue weighted by molar-refractivity contribution is 7.89. The number of fused-ring (bicyclic) bond motifs is 1. The van der Waals surface area contributed by atoms with Crippen molar-refractivity contribution in [3.05, 3.63) is 66.7 Å². The molecule has 1 amide bonds. The van der Waals surface area contributed by atoms with E-state index in [2.05, 4.69) is 10.1 Å². The fourth-order valence-electron chi connectivity index (χ4n) is 3.80. The van der Waals surface area contributed by atoms with Gasteiger partial charge in [0.15, 0.2) is 0 Å². The van der Waals surface area contributed by atoms with Crippen LogP contribution in [0.15, 0.2) is 71.6 Å². The molecule has 0 spiro atoms. The number of hydrogen-bond acceptors (Lipinski definition) is 4. The first-order valence-corrected chi connectivity index (χ1v) is 11.6. The van der Waals surface area contributed by atoms with Gasteiger partial charge in [0.05, 0.1) is 4.90 Å². The fourth-order valence-corrected chi connectivity index (χ4v) is 5.30. The van der Waals surface area contributed by atoms with Crippen molar-refractivity contribution in [3.63, 3.8) is 0 Å². The van der Waals surface area contributed by atoms with E-state index in [-0.39, 0.29) is 35.6 Å². The first kappa shape index (κ1) is 22.2. The summed E-state index contributed by atoms with van der Waals surface area (Å²) in [5.41, 5.74) is 0.461. The molecule has 3 aromatic carbocycles. The summed E-state index contributed by atoms with van der Waals surface area (Å²) in [6.07, 6.45) is 0.788. The summed E-state index contributed by atoms with van der Waals surface area (Å²) in [5.74, 6) is -0.560. The summed E-state index contributed by atoms with van der Waals surface area (Å²) in [4.78, 5) is 12.8. The molecule has 1 saturated heterocycles. The molecule has 0 atom stereocenters. The van der Waals surface area contributed by atoms with Gasteiger partial charge in [-0.1, -0.05) is 30.3 Å². The number of nitrogens with one attached hydrogen (secondary N) is 1. The van der Waals surface area contributed by atoms with Crippen molar-refractivity contribution in [2.75, 3.05) is 18.4 Å². The lowest BCUT2D eigenvalue weighted by atomic mass is 9.97. The Hall–Kier alpha value is -3.04. The topological polar surface area (TPSA) is 75.7 Å². The Morgan fingerprint density at radius 1 is 0.969 bits per heavy atom. The molecule has 6 nitrogen and oxygen atoms in total. The van der Waals surface area contributed by atoms with E-state index in [1.165, 1.54) is 28.6 Å². The summed E-state index contributed by atoms with van der Waals surface area (Å²) >= 11 is 0. The van der Waals surface area contributed by atoms with Gasteiger partial charge in [0, 0.05) is 24.7 Å². The average molecular weight is 461 g/mol. The van der Waals surface area contributed by atoms with Crippen molar-refractivity contribution in [1.82, 2.24) is 4.31 Å². The highest BCUT2D eigenvalue weighted by Gasteiger charge is 2.32. The van der Waals surface area contributed by atoms with Gasteiger partial charge in [-0.25, -0.2) is 8.42 Å². The molecule has 0 radical (unpaired) electrons. The van der Waals surface area contributed by atoms with Crippen LogP contribution in [0.25, 0.3) is 10.8 Å². The molecule has 9 heteroatoms. The monoisotopic (exact) mass is 460 g/mol. The Labute approximate surface area is 184 Å². The van der Waals surface area contributed by atoms with Crippen molar-refractivity contribution in [3.8, 4) is 5.75 Å². The van der Waals surface area contributed by atoms with Gasteiger partial charge < -0.3 is 10.1 Å². The summed E-state index contributed by atoms with van der Waals surface area (Å²) in [6, 6.07) is 18.3. The van der Waals surface area contributed by atoms with Crippen LogP contribution in [-0.2, 0) is 14.8 Å². The summed E-state index contributed by atoms with van der Waals surface area (Å²) in [6.45, 7) is -2.42. The lowest BCUT2D eigenvalue weighted by Gasteiger charge is -2.30. The first-order valence-electron chi connectivity index (χ1n) is 10.2. The minimum absolute atomic E-state index is 0.00482. The lowest BCUT2D eigenvalue weighted by molar-refractivity contribution is -0.120. The van der Waals surface area contributed by atoms with Gasteiger partial charge in [0.2, 0.25) is 15.9 Å². The summed E-state index contributed by atoms with van der Waals surface area (Å²) in [5, 5.41) is 4.57. The Morgan fingerprint density at radius 3 is 2.28 bits per heavy atom. The molecule has 0 aromatic heterocycles. The van der Waals surface area contributed by atoms with Crippen LogP contribution in [0.1, 0.15) is 12.8 Å². The van der Waals surface area contributed by atoms with Gasteiger partial charge in [-0.3, -0.25) is 4.79 Å². The van der Waals surface area contributed by atoms with Gasteiger partial charge >= 0.3 is 6.61 Å². The largest absolute Gasteiger partial charge is 0.435 e. The van der Waals surface area contributed by atoms with Crippen molar-refractivity contribution in [1.29, 1.82) is 0 Å². The average Bonchev–Trinajstić information content (AvgIpc) is 2.79. The first-order chi connectivity index (χ1) is 15.3. The van der Waals surface area contributed by atoms with E-state index in [0.29, 0.717) is 18.5 Å². The summed E-state index contributed by atoms with van der Waals surface area (Å²) < 4.78 is 56.3. The van der Waals surface area contributed by atoms with E-state index in [1.54, 1.807) is 18.2 Å². The number of piperidine rings is 1. The number of carbonyl (C=O) groups is 1. The van der Waals surface area contributed by atoms with Crippen LogP contribution in [0.5, 0.6) is 5.75 Å². The number of hydrogen-bond donors (Lipinski definition) is 1. The molecule has 1 aliphatic heterocycles. The minimum atomic E-state index is -3.65.